The molecule has 0 aromatic heterocycles. The van der Waals surface area contributed by atoms with Crippen molar-refractivity contribution >= 4 is 29.3 Å². The Hall–Kier alpha value is -1.33. The molecule has 74 valence electrons. The lowest BCUT2D eigenvalue weighted by atomic mass is 10.3. The van der Waals surface area contributed by atoms with E-state index in [9.17, 15) is 0 Å². The monoisotopic (exact) mass is 208 g/mol. The average Bonchev–Trinajstić information content (AvgIpc) is 2.26. The summed E-state index contributed by atoms with van der Waals surface area (Å²) < 4.78 is 0. The fourth-order valence-electron chi connectivity index (χ4n) is 0.947. The molecule has 0 bridgehead atoms. The molecule has 0 saturated carbocycles. The summed E-state index contributed by atoms with van der Waals surface area (Å²) in [6.45, 7) is 3.29. The van der Waals surface area contributed by atoms with Crippen LogP contribution in [0.1, 0.15) is 0 Å². The molecule has 0 aliphatic heterocycles. The quantitative estimate of drug-likeness (QED) is 0.348. The predicted molar refractivity (Wildman–Crippen MR) is 63.6 cm³/mol. The second-order valence-electron chi connectivity index (χ2n) is 2.43. The molecule has 0 saturated heterocycles. The van der Waals surface area contributed by atoms with Crippen LogP contribution in [0.3, 0.4) is 0 Å². The van der Waals surface area contributed by atoms with Gasteiger partial charge in [-0.05, 0) is 18.4 Å². The normalized spacial score (nSPS) is 11.1. The van der Waals surface area contributed by atoms with Gasteiger partial charge >= 0.3 is 0 Å². The molecular formula is C9H12N4S. The van der Waals surface area contributed by atoms with Gasteiger partial charge in [-0.1, -0.05) is 30.0 Å². The second-order valence-corrected chi connectivity index (χ2v) is 3.21. The van der Waals surface area contributed by atoms with E-state index in [1.54, 1.807) is 0 Å². The van der Waals surface area contributed by atoms with Gasteiger partial charge in [-0.15, -0.1) is 5.10 Å². The van der Waals surface area contributed by atoms with Crippen LogP contribution < -0.4 is 10.9 Å². The van der Waals surface area contributed by atoms with E-state index in [1.807, 2.05) is 36.6 Å². The molecule has 0 aliphatic rings. The predicted octanol–water partition coefficient (Wildman–Crippen LogP) is 1.70. The number of hydrogen-bond acceptors (Lipinski definition) is 4. The summed E-state index contributed by atoms with van der Waals surface area (Å²) in [5.41, 5.74) is 0.865. The summed E-state index contributed by atoms with van der Waals surface area (Å²) in [6.07, 6.45) is 1.88. The first-order valence-electron chi connectivity index (χ1n) is 3.97. The number of thioether (sulfide) groups is 1. The largest absolute Gasteiger partial charge is 0.255 e. The standard InChI is InChI=1S/C9H12N4S/c1-11-12-9(14-2)13(10)8-6-4-3-5-7-8/h3-7H,1,10H2,2H3/b12-9+. The van der Waals surface area contributed by atoms with Gasteiger partial charge in [0, 0.05) is 6.72 Å². The van der Waals surface area contributed by atoms with Crippen molar-refractivity contribution in [2.45, 2.75) is 0 Å². The van der Waals surface area contributed by atoms with Gasteiger partial charge in [0.1, 0.15) is 0 Å². The Balaban J connectivity index is 2.89. The minimum absolute atomic E-state index is 0.603. The Morgan fingerprint density at radius 3 is 2.57 bits per heavy atom. The zero-order valence-electron chi connectivity index (χ0n) is 7.92. The van der Waals surface area contributed by atoms with Crippen molar-refractivity contribution in [1.82, 2.24) is 0 Å². The van der Waals surface area contributed by atoms with Crippen LogP contribution in [-0.2, 0) is 0 Å². The molecule has 0 radical (unpaired) electrons. The molecule has 0 amide bonds. The number of rotatable bonds is 2. The van der Waals surface area contributed by atoms with Crippen molar-refractivity contribution in [1.29, 1.82) is 0 Å². The fourth-order valence-corrected chi connectivity index (χ4v) is 1.39. The third-order valence-corrected chi connectivity index (χ3v) is 2.22. The zero-order chi connectivity index (χ0) is 10.4. The van der Waals surface area contributed by atoms with E-state index in [2.05, 4.69) is 16.9 Å². The van der Waals surface area contributed by atoms with Gasteiger partial charge in [-0.2, -0.15) is 5.10 Å². The van der Waals surface area contributed by atoms with E-state index in [1.165, 1.54) is 16.8 Å². The van der Waals surface area contributed by atoms with Crippen molar-refractivity contribution in [3.8, 4) is 0 Å². The Morgan fingerprint density at radius 1 is 1.43 bits per heavy atom. The maximum Gasteiger partial charge on any atom is 0.204 e. The first kappa shape index (κ1) is 10.7. The van der Waals surface area contributed by atoms with E-state index in [0.29, 0.717) is 5.17 Å². The molecule has 0 heterocycles. The van der Waals surface area contributed by atoms with Crippen LogP contribution in [0.5, 0.6) is 0 Å². The first-order valence-corrected chi connectivity index (χ1v) is 5.19. The van der Waals surface area contributed by atoms with Crippen molar-refractivity contribution in [2.24, 2.45) is 16.0 Å². The second kappa shape index (κ2) is 5.41. The summed E-state index contributed by atoms with van der Waals surface area (Å²) in [4.78, 5) is 0. The fraction of sp³-hybridized carbons (Fsp3) is 0.111. The number of benzene rings is 1. The highest BCUT2D eigenvalue weighted by Crippen LogP contribution is 2.14. The van der Waals surface area contributed by atoms with Crippen LogP contribution in [-0.4, -0.2) is 18.1 Å². The van der Waals surface area contributed by atoms with Crippen molar-refractivity contribution in [3.63, 3.8) is 0 Å². The summed E-state index contributed by atoms with van der Waals surface area (Å²) in [5.74, 6) is 5.83. The van der Waals surface area contributed by atoms with E-state index in [0.717, 1.165) is 5.69 Å². The summed E-state index contributed by atoms with van der Waals surface area (Å²) in [7, 11) is 0. The van der Waals surface area contributed by atoms with Gasteiger partial charge in [0.15, 0.2) is 0 Å². The number of hydrogen-bond donors (Lipinski definition) is 1. The SMILES string of the molecule is C=N/N=C(/SC)N(N)c1ccccc1. The smallest absolute Gasteiger partial charge is 0.204 e. The highest BCUT2D eigenvalue weighted by molar-refractivity contribution is 8.13. The van der Waals surface area contributed by atoms with E-state index in [-0.39, 0.29) is 0 Å². The molecule has 2 N–H and O–H groups in total. The Bertz CT molecular complexity index is 323. The molecule has 4 nitrogen and oxygen atoms in total. The molecular weight excluding hydrogens is 196 g/mol. The topological polar surface area (TPSA) is 54.0 Å². The van der Waals surface area contributed by atoms with Gasteiger partial charge < -0.3 is 0 Å². The number of amidine groups is 1. The molecule has 1 aromatic rings. The van der Waals surface area contributed by atoms with Crippen molar-refractivity contribution in [3.05, 3.63) is 30.3 Å². The van der Waals surface area contributed by atoms with E-state index in [4.69, 9.17) is 5.84 Å². The maximum atomic E-state index is 5.83. The molecule has 0 atom stereocenters. The summed E-state index contributed by atoms with van der Waals surface area (Å²) in [5, 5.41) is 9.34. The number of anilines is 1. The first-order chi connectivity index (χ1) is 6.79. The molecule has 1 rings (SSSR count). The molecule has 0 fully saturated rings. The number of nitrogens with two attached hydrogens (primary N) is 1. The van der Waals surface area contributed by atoms with Crippen LogP contribution in [0.25, 0.3) is 0 Å². The van der Waals surface area contributed by atoms with Gasteiger partial charge in [0.25, 0.3) is 0 Å². The summed E-state index contributed by atoms with van der Waals surface area (Å²) in [6, 6.07) is 9.55. The maximum absolute atomic E-state index is 5.83. The molecule has 0 unspecified atom stereocenters. The third kappa shape index (κ3) is 2.58. The lowest BCUT2D eigenvalue weighted by molar-refractivity contribution is 1.12. The van der Waals surface area contributed by atoms with Gasteiger partial charge in [-0.3, -0.25) is 5.01 Å². The van der Waals surface area contributed by atoms with E-state index >= 15 is 0 Å². The Morgan fingerprint density at radius 2 is 2.07 bits per heavy atom. The average molecular weight is 208 g/mol. The van der Waals surface area contributed by atoms with Crippen LogP contribution >= 0.6 is 11.8 Å². The van der Waals surface area contributed by atoms with Gasteiger partial charge in [-0.25, -0.2) is 5.84 Å². The van der Waals surface area contributed by atoms with Crippen molar-refractivity contribution < 1.29 is 0 Å². The molecule has 1 aromatic carbocycles. The van der Waals surface area contributed by atoms with Gasteiger partial charge in [0.05, 0.1) is 5.69 Å². The van der Waals surface area contributed by atoms with Crippen LogP contribution in [0.4, 0.5) is 5.69 Å². The van der Waals surface area contributed by atoms with Crippen LogP contribution in [0.2, 0.25) is 0 Å². The lowest BCUT2D eigenvalue weighted by Crippen LogP contribution is -2.35. The molecule has 0 spiro atoms. The third-order valence-electron chi connectivity index (χ3n) is 1.58. The van der Waals surface area contributed by atoms with Gasteiger partial charge in [0.2, 0.25) is 5.17 Å². The van der Waals surface area contributed by atoms with Crippen molar-refractivity contribution in [2.75, 3.05) is 11.3 Å². The number of hydrazine groups is 1. The minimum Gasteiger partial charge on any atom is -0.255 e. The lowest BCUT2D eigenvalue weighted by Gasteiger charge is -2.17. The molecule has 0 aliphatic carbocycles. The van der Waals surface area contributed by atoms with E-state index < -0.39 is 0 Å². The summed E-state index contributed by atoms with van der Waals surface area (Å²) >= 11 is 1.41. The van der Waals surface area contributed by atoms with Crippen LogP contribution in [0, 0.1) is 0 Å². The number of nitrogens with zero attached hydrogens (tertiary/aromatic N) is 3. The highest BCUT2D eigenvalue weighted by atomic mass is 32.2. The number of para-hydroxylation sites is 1. The van der Waals surface area contributed by atoms with Crippen LogP contribution in [0.15, 0.2) is 40.5 Å². The highest BCUT2D eigenvalue weighted by Gasteiger charge is 2.07. The molecule has 5 heteroatoms. The molecule has 14 heavy (non-hydrogen) atoms. The minimum atomic E-state index is 0.603. The Labute approximate surface area is 87.5 Å². The Kier molecular flexibility index (Phi) is 4.15. The zero-order valence-corrected chi connectivity index (χ0v) is 8.74.